The third kappa shape index (κ3) is 3.48. The van der Waals surface area contributed by atoms with E-state index in [1.165, 1.54) is 0 Å². The minimum Gasteiger partial charge on any atom is -0.383 e. The topological polar surface area (TPSA) is 112 Å². The Balaban J connectivity index is 1.45. The molecule has 0 unspecified atom stereocenters. The predicted molar refractivity (Wildman–Crippen MR) is 120 cm³/mol. The lowest BCUT2D eigenvalue weighted by Crippen LogP contribution is -2.15. The van der Waals surface area contributed by atoms with Crippen molar-refractivity contribution < 1.29 is 4.79 Å². The van der Waals surface area contributed by atoms with Gasteiger partial charge in [0.15, 0.2) is 0 Å². The zero-order valence-corrected chi connectivity index (χ0v) is 17.8. The van der Waals surface area contributed by atoms with E-state index in [2.05, 4.69) is 25.4 Å². The van der Waals surface area contributed by atoms with Gasteiger partial charge in [0.25, 0.3) is 0 Å². The SMILES string of the molecule is Cc1ccncc1-c1nc(N)c2cnc(NC(=O)[C@@H]3C[C@H]3c3cnn(C)c3)cc2c1Cl. The Hall–Kier alpha value is -3.52. The summed E-state index contributed by atoms with van der Waals surface area (Å²) in [5.41, 5.74) is 9.61. The number of fused-ring (bicyclic) bond motifs is 1. The van der Waals surface area contributed by atoms with Crippen LogP contribution in [0.15, 0.2) is 43.1 Å². The molecular weight excluding hydrogens is 414 g/mol. The van der Waals surface area contributed by atoms with Crippen molar-refractivity contribution in [2.75, 3.05) is 11.1 Å². The zero-order chi connectivity index (χ0) is 21.7. The highest BCUT2D eigenvalue weighted by Gasteiger charge is 2.44. The number of nitrogens with one attached hydrogen (secondary N) is 1. The fraction of sp³-hybridized carbons (Fsp3) is 0.227. The molecule has 1 aliphatic carbocycles. The van der Waals surface area contributed by atoms with E-state index in [0.29, 0.717) is 33.1 Å². The van der Waals surface area contributed by atoms with Gasteiger partial charge in [-0.25, -0.2) is 9.97 Å². The first kappa shape index (κ1) is 19.4. The van der Waals surface area contributed by atoms with E-state index in [-0.39, 0.29) is 17.7 Å². The van der Waals surface area contributed by atoms with Crippen LogP contribution in [-0.2, 0) is 11.8 Å². The van der Waals surface area contributed by atoms with Gasteiger partial charge < -0.3 is 11.1 Å². The van der Waals surface area contributed by atoms with Crippen molar-refractivity contribution in [3.63, 3.8) is 0 Å². The normalized spacial score (nSPS) is 17.6. The lowest BCUT2D eigenvalue weighted by molar-refractivity contribution is -0.117. The van der Waals surface area contributed by atoms with Gasteiger partial charge in [0, 0.05) is 54.1 Å². The molecule has 0 bridgehead atoms. The van der Waals surface area contributed by atoms with E-state index in [9.17, 15) is 4.79 Å². The van der Waals surface area contributed by atoms with Gasteiger partial charge >= 0.3 is 0 Å². The van der Waals surface area contributed by atoms with Crippen LogP contribution in [0.25, 0.3) is 22.0 Å². The second kappa shape index (κ2) is 7.31. The number of hydrogen-bond acceptors (Lipinski definition) is 6. The maximum absolute atomic E-state index is 12.7. The molecule has 4 aromatic rings. The van der Waals surface area contributed by atoms with Gasteiger partial charge in [0.1, 0.15) is 11.6 Å². The Morgan fingerprint density at radius 1 is 1.29 bits per heavy atom. The smallest absolute Gasteiger partial charge is 0.229 e. The van der Waals surface area contributed by atoms with Crippen LogP contribution in [0.2, 0.25) is 5.02 Å². The molecule has 4 heterocycles. The molecule has 2 atom stereocenters. The molecule has 0 aliphatic heterocycles. The van der Waals surface area contributed by atoms with Crippen LogP contribution in [0.5, 0.6) is 0 Å². The lowest BCUT2D eigenvalue weighted by Gasteiger charge is -2.12. The Bertz CT molecular complexity index is 1330. The molecule has 1 amide bonds. The number of carbonyl (C=O) groups is 1. The Morgan fingerprint density at radius 2 is 2.13 bits per heavy atom. The molecule has 0 radical (unpaired) electrons. The number of pyridine rings is 3. The summed E-state index contributed by atoms with van der Waals surface area (Å²) in [6.45, 7) is 1.96. The van der Waals surface area contributed by atoms with E-state index in [0.717, 1.165) is 23.1 Å². The van der Waals surface area contributed by atoms with Crippen molar-refractivity contribution in [1.82, 2.24) is 24.7 Å². The average Bonchev–Trinajstić information content (AvgIpc) is 3.45. The molecule has 156 valence electrons. The van der Waals surface area contributed by atoms with Gasteiger partial charge in [-0.05, 0) is 42.5 Å². The summed E-state index contributed by atoms with van der Waals surface area (Å²) in [5, 5.41) is 8.85. The number of nitrogens with two attached hydrogens (primary N) is 1. The first-order valence-electron chi connectivity index (χ1n) is 9.87. The second-order valence-corrected chi connectivity index (χ2v) is 8.23. The molecule has 1 aliphatic rings. The van der Waals surface area contributed by atoms with Crippen molar-refractivity contribution >= 4 is 39.9 Å². The molecule has 0 aromatic carbocycles. The van der Waals surface area contributed by atoms with Gasteiger partial charge in [-0.15, -0.1) is 0 Å². The molecule has 0 saturated heterocycles. The van der Waals surface area contributed by atoms with E-state index in [4.69, 9.17) is 17.3 Å². The molecule has 5 rings (SSSR count). The Kier molecular flexibility index (Phi) is 4.59. The maximum atomic E-state index is 12.7. The van der Waals surface area contributed by atoms with Crippen LogP contribution in [0, 0.1) is 12.8 Å². The molecule has 9 heteroatoms. The van der Waals surface area contributed by atoms with E-state index >= 15 is 0 Å². The quantitative estimate of drug-likeness (QED) is 0.507. The van der Waals surface area contributed by atoms with Gasteiger partial charge in [0.2, 0.25) is 5.91 Å². The van der Waals surface area contributed by atoms with Crippen molar-refractivity contribution in [3.05, 3.63) is 59.3 Å². The first-order chi connectivity index (χ1) is 14.9. The number of aromatic nitrogens is 5. The highest BCUT2D eigenvalue weighted by atomic mass is 35.5. The molecule has 3 N–H and O–H groups in total. The fourth-order valence-corrected chi connectivity index (χ4v) is 4.16. The third-order valence-corrected chi connectivity index (χ3v) is 6.06. The summed E-state index contributed by atoms with van der Waals surface area (Å²) in [6, 6.07) is 3.63. The maximum Gasteiger partial charge on any atom is 0.229 e. The van der Waals surface area contributed by atoms with Crippen molar-refractivity contribution in [1.29, 1.82) is 0 Å². The standard InChI is InChI=1S/C22H20ClN7O/c1-11-3-4-25-8-16(11)20-19(23)14-6-18(26-9-17(14)21(24)29-20)28-22(31)15-5-13(15)12-7-27-30(2)10-12/h3-4,6-10,13,15H,5H2,1-2H3,(H2,24,29)(H,26,28,31)/t13-,15+/m0/s1. The zero-order valence-electron chi connectivity index (χ0n) is 17.0. The fourth-order valence-electron chi connectivity index (χ4n) is 3.86. The van der Waals surface area contributed by atoms with E-state index in [1.54, 1.807) is 29.3 Å². The van der Waals surface area contributed by atoms with Gasteiger partial charge in [-0.3, -0.25) is 14.5 Å². The van der Waals surface area contributed by atoms with Crippen LogP contribution in [0.1, 0.15) is 23.5 Å². The highest BCUT2D eigenvalue weighted by molar-refractivity contribution is 6.38. The monoisotopic (exact) mass is 433 g/mol. The minimum absolute atomic E-state index is 0.0674. The van der Waals surface area contributed by atoms with Crippen molar-refractivity contribution in [3.8, 4) is 11.3 Å². The highest BCUT2D eigenvalue weighted by Crippen LogP contribution is 2.48. The predicted octanol–water partition coefficient (Wildman–Crippen LogP) is 3.71. The number of rotatable bonds is 4. The Morgan fingerprint density at radius 3 is 2.87 bits per heavy atom. The number of carbonyl (C=O) groups excluding carboxylic acids is 1. The van der Waals surface area contributed by atoms with Gasteiger partial charge in [-0.2, -0.15) is 5.10 Å². The number of hydrogen-bond donors (Lipinski definition) is 2. The molecule has 1 fully saturated rings. The number of aryl methyl sites for hydroxylation is 2. The van der Waals surface area contributed by atoms with E-state index in [1.807, 2.05) is 32.4 Å². The Labute approximate surface area is 183 Å². The molecule has 1 saturated carbocycles. The largest absolute Gasteiger partial charge is 0.383 e. The number of nitrogen functional groups attached to an aromatic ring is 1. The summed E-state index contributed by atoms with van der Waals surface area (Å²) in [5.74, 6) is 0.783. The number of halogens is 1. The van der Waals surface area contributed by atoms with Gasteiger partial charge in [0.05, 0.1) is 16.9 Å². The molecule has 31 heavy (non-hydrogen) atoms. The number of nitrogens with zero attached hydrogens (tertiary/aromatic N) is 5. The molecule has 4 aromatic heterocycles. The van der Waals surface area contributed by atoms with Crippen molar-refractivity contribution in [2.45, 2.75) is 19.3 Å². The lowest BCUT2D eigenvalue weighted by atomic mass is 10.1. The summed E-state index contributed by atoms with van der Waals surface area (Å²) < 4.78 is 1.75. The summed E-state index contributed by atoms with van der Waals surface area (Å²) in [4.78, 5) is 25.7. The molecular formula is C22H20ClN7O. The first-order valence-corrected chi connectivity index (χ1v) is 10.3. The summed E-state index contributed by atoms with van der Waals surface area (Å²) in [7, 11) is 1.87. The summed E-state index contributed by atoms with van der Waals surface area (Å²) >= 11 is 6.71. The molecule has 8 nitrogen and oxygen atoms in total. The number of amides is 1. The van der Waals surface area contributed by atoms with Crippen molar-refractivity contribution in [2.24, 2.45) is 13.0 Å². The van der Waals surface area contributed by atoms with Crippen LogP contribution >= 0.6 is 11.6 Å². The van der Waals surface area contributed by atoms with Crippen LogP contribution in [0.4, 0.5) is 11.6 Å². The van der Waals surface area contributed by atoms with Gasteiger partial charge in [-0.1, -0.05) is 11.6 Å². The van der Waals surface area contributed by atoms with Crippen LogP contribution < -0.4 is 11.1 Å². The number of anilines is 2. The van der Waals surface area contributed by atoms with Crippen LogP contribution in [0.3, 0.4) is 0 Å². The minimum atomic E-state index is -0.0896. The average molecular weight is 434 g/mol. The summed E-state index contributed by atoms with van der Waals surface area (Å²) in [6.07, 6.45) is 9.57. The second-order valence-electron chi connectivity index (χ2n) is 7.85. The third-order valence-electron chi connectivity index (χ3n) is 5.68. The molecule has 0 spiro atoms. The van der Waals surface area contributed by atoms with E-state index < -0.39 is 0 Å². The van der Waals surface area contributed by atoms with Crippen LogP contribution in [-0.4, -0.2) is 30.6 Å².